The normalized spacial score (nSPS) is 29.4. The summed E-state index contributed by atoms with van der Waals surface area (Å²) in [6.45, 7) is 3.95. The maximum absolute atomic E-state index is 12.2. The van der Waals surface area contributed by atoms with E-state index in [0.29, 0.717) is 18.4 Å². The molecule has 0 bridgehead atoms. The number of nitrogens with one attached hydrogen (secondary N) is 1. The zero-order chi connectivity index (χ0) is 18.7. The van der Waals surface area contributed by atoms with Crippen LogP contribution in [0.25, 0.3) is 0 Å². The molecule has 6 unspecified atom stereocenters. The van der Waals surface area contributed by atoms with Crippen LogP contribution in [-0.2, 0) is 15.9 Å². The number of carbonyl (C=O) groups is 1. The number of esters is 1. The second-order valence-electron chi connectivity index (χ2n) is 7.65. The monoisotopic (exact) mass is 362 g/mol. The third kappa shape index (κ3) is 4.26. The average Bonchev–Trinajstić information content (AvgIpc) is 2.66. The number of aliphatic hydroxyl groups excluding tert-OH is 1. The van der Waals surface area contributed by atoms with Crippen LogP contribution in [0.5, 0.6) is 0 Å². The van der Waals surface area contributed by atoms with E-state index in [0.717, 1.165) is 24.8 Å². The molecule has 1 fully saturated rings. The van der Waals surface area contributed by atoms with Crippen molar-refractivity contribution in [1.29, 1.82) is 0 Å². The fourth-order valence-electron chi connectivity index (χ4n) is 3.96. The van der Waals surface area contributed by atoms with E-state index in [1.165, 1.54) is 0 Å². The predicted octanol–water partition coefficient (Wildman–Crippen LogP) is 1.94. The molecule has 3 rings (SSSR count). The van der Waals surface area contributed by atoms with Crippen molar-refractivity contribution in [3.05, 3.63) is 35.4 Å². The number of rotatable bonds is 6. The van der Waals surface area contributed by atoms with Gasteiger partial charge in [0, 0.05) is 18.4 Å². The Balaban J connectivity index is 1.58. The second-order valence-corrected chi connectivity index (χ2v) is 7.65. The number of hydrogen-bond donors (Lipinski definition) is 3. The van der Waals surface area contributed by atoms with Crippen LogP contribution in [0.2, 0.25) is 0 Å². The minimum Gasteiger partial charge on any atom is -0.458 e. The summed E-state index contributed by atoms with van der Waals surface area (Å²) in [7, 11) is 0. The lowest BCUT2D eigenvalue weighted by Crippen LogP contribution is -2.47. The smallest absolute Gasteiger partial charge is 0.338 e. The van der Waals surface area contributed by atoms with E-state index in [2.05, 4.69) is 5.43 Å². The summed E-state index contributed by atoms with van der Waals surface area (Å²) in [5, 5.41) is 10.7. The van der Waals surface area contributed by atoms with E-state index in [4.69, 9.17) is 15.3 Å². The number of hydrogen-bond acceptors (Lipinski definition) is 6. The first-order valence-electron chi connectivity index (χ1n) is 9.58. The minimum absolute atomic E-state index is 0.00794. The fraction of sp³-hybridized carbons (Fsp3) is 0.650. The molecule has 26 heavy (non-hydrogen) atoms. The highest BCUT2D eigenvalue weighted by molar-refractivity contribution is 5.92. The Hall–Kier alpha value is -1.47. The maximum Gasteiger partial charge on any atom is 0.338 e. The third-order valence-corrected chi connectivity index (χ3v) is 5.82. The number of hydrazine groups is 1. The lowest BCUT2D eigenvalue weighted by Gasteiger charge is -2.36. The summed E-state index contributed by atoms with van der Waals surface area (Å²) in [6, 6.07) is 7.60. The molecule has 4 N–H and O–H groups in total. The number of nitrogens with two attached hydrogens (primary N) is 1. The molecule has 2 heterocycles. The number of carbonyl (C=O) groups excluding carboxylic acids is 1. The molecule has 2 aliphatic heterocycles. The quantitative estimate of drug-likeness (QED) is 0.407. The Morgan fingerprint density at radius 1 is 1.27 bits per heavy atom. The highest BCUT2D eigenvalue weighted by Gasteiger charge is 2.35. The lowest BCUT2D eigenvalue weighted by atomic mass is 9.86. The molecule has 0 amide bonds. The van der Waals surface area contributed by atoms with Gasteiger partial charge in [-0.3, -0.25) is 11.3 Å². The Morgan fingerprint density at radius 3 is 2.81 bits per heavy atom. The molecule has 1 saturated heterocycles. The number of aliphatic hydroxyl groups is 1. The Kier molecular flexibility index (Phi) is 6.29. The van der Waals surface area contributed by atoms with Crippen LogP contribution in [-0.4, -0.2) is 41.5 Å². The van der Waals surface area contributed by atoms with E-state index in [9.17, 15) is 9.90 Å². The summed E-state index contributed by atoms with van der Waals surface area (Å²) in [6.07, 6.45) is 3.35. The van der Waals surface area contributed by atoms with Gasteiger partial charge in [0.1, 0.15) is 6.10 Å². The van der Waals surface area contributed by atoms with Gasteiger partial charge in [-0.15, -0.1) is 0 Å². The summed E-state index contributed by atoms with van der Waals surface area (Å²) in [4.78, 5) is 12.2. The van der Waals surface area contributed by atoms with Gasteiger partial charge < -0.3 is 14.6 Å². The van der Waals surface area contributed by atoms with Crippen LogP contribution in [0, 0.1) is 5.92 Å². The summed E-state index contributed by atoms with van der Waals surface area (Å²) < 4.78 is 11.7. The summed E-state index contributed by atoms with van der Waals surface area (Å²) in [5.74, 6) is 5.07. The molecule has 6 nitrogen and oxygen atoms in total. The Labute approximate surface area is 155 Å². The highest BCUT2D eigenvalue weighted by atomic mass is 16.5. The van der Waals surface area contributed by atoms with Crippen molar-refractivity contribution in [1.82, 2.24) is 5.43 Å². The molecular formula is C20H30N2O4. The molecule has 1 aromatic rings. The molecule has 0 aromatic heterocycles. The van der Waals surface area contributed by atoms with Gasteiger partial charge in [0.2, 0.25) is 0 Å². The van der Waals surface area contributed by atoms with E-state index in [-0.39, 0.29) is 36.2 Å². The number of benzene rings is 1. The molecule has 144 valence electrons. The molecule has 6 atom stereocenters. The van der Waals surface area contributed by atoms with Gasteiger partial charge in [-0.2, -0.15) is 0 Å². The third-order valence-electron chi connectivity index (χ3n) is 5.82. The molecule has 0 saturated carbocycles. The van der Waals surface area contributed by atoms with Crippen LogP contribution in [0.4, 0.5) is 0 Å². The van der Waals surface area contributed by atoms with Crippen molar-refractivity contribution in [2.45, 2.75) is 76.4 Å². The second kappa shape index (κ2) is 8.48. The van der Waals surface area contributed by atoms with Crippen molar-refractivity contribution in [3.63, 3.8) is 0 Å². The average molecular weight is 362 g/mol. The first kappa shape index (κ1) is 19.3. The van der Waals surface area contributed by atoms with Gasteiger partial charge in [0.25, 0.3) is 0 Å². The molecule has 0 aliphatic carbocycles. The van der Waals surface area contributed by atoms with E-state index < -0.39 is 6.10 Å². The van der Waals surface area contributed by atoms with Crippen molar-refractivity contribution < 1.29 is 19.4 Å². The number of ether oxygens (including phenoxy) is 2. The zero-order valence-electron chi connectivity index (χ0n) is 15.6. The van der Waals surface area contributed by atoms with E-state index >= 15 is 0 Å². The standard InChI is InChI=1S/C20H30N2O4/c1-12(19-10-14-6-3-4-8-16(14)20(24)26-19)17(23)11-15-7-5-9-18(25-15)13(2)22-21/h3-4,6,8,12-13,15,17-19,22-23H,5,7,9-11,21H2,1-2H3. The first-order chi connectivity index (χ1) is 12.5. The van der Waals surface area contributed by atoms with Crippen molar-refractivity contribution >= 4 is 5.97 Å². The van der Waals surface area contributed by atoms with Crippen molar-refractivity contribution in [2.24, 2.45) is 11.8 Å². The van der Waals surface area contributed by atoms with Crippen molar-refractivity contribution in [2.75, 3.05) is 0 Å². The van der Waals surface area contributed by atoms with Crippen LogP contribution < -0.4 is 11.3 Å². The van der Waals surface area contributed by atoms with Crippen LogP contribution in [0.15, 0.2) is 24.3 Å². The predicted molar refractivity (Wildman–Crippen MR) is 98.4 cm³/mol. The van der Waals surface area contributed by atoms with Gasteiger partial charge >= 0.3 is 5.97 Å². The molecule has 2 aliphatic rings. The van der Waals surface area contributed by atoms with Crippen molar-refractivity contribution in [3.8, 4) is 0 Å². The van der Waals surface area contributed by atoms with E-state index in [1.54, 1.807) is 6.07 Å². The van der Waals surface area contributed by atoms with Gasteiger partial charge in [-0.1, -0.05) is 25.1 Å². The largest absolute Gasteiger partial charge is 0.458 e. The van der Waals surface area contributed by atoms with Gasteiger partial charge in [0.15, 0.2) is 0 Å². The van der Waals surface area contributed by atoms with Crippen LogP contribution in [0.3, 0.4) is 0 Å². The fourth-order valence-corrected chi connectivity index (χ4v) is 3.96. The molecule has 6 heteroatoms. The summed E-state index contributed by atoms with van der Waals surface area (Å²) >= 11 is 0. The molecule has 1 aromatic carbocycles. The van der Waals surface area contributed by atoms with Gasteiger partial charge in [-0.25, -0.2) is 4.79 Å². The van der Waals surface area contributed by atoms with Crippen LogP contribution in [0.1, 0.15) is 55.5 Å². The van der Waals surface area contributed by atoms with E-state index in [1.807, 2.05) is 32.0 Å². The highest BCUT2D eigenvalue weighted by Crippen LogP contribution is 2.30. The summed E-state index contributed by atoms with van der Waals surface area (Å²) in [5.41, 5.74) is 4.37. The lowest BCUT2D eigenvalue weighted by molar-refractivity contribution is -0.0931. The Morgan fingerprint density at radius 2 is 2.04 bits per heavy atom. The maximum atomic E-state index is 12.2. The SMILES string of the molecule is CC(NN)C1CCCC(CC(O)C(C)C2Cc3ccccc3C(=O)O2)O1. The zero-order valence-corrected chi connectivity index (χ0v) is 15.6. The van der Waals surface area contributed by atoms with Gasteiger partial charge in [0.05, 0.1) is 23.9 Å². The molecular weight excluding hydrogens is 332 g/mol. The minimum atomic E-state index is -0.581. The van der Waals surface area contributed by atoms with Gasteiger partial charge in [-0.05, 0) is 44.2 Å². The topological polar surface area (TPSA) is 93.8 Å². The number of cyclic esters (lactones) is 1. The molecule has 0 radical (unpaired) electrons. The number of fused-ring (bicyclic) bond motifs is 1. The Bertz CT molecular complexity index is 624. The first-order valence-corrected chi connectivity index (χ1v) is 9.58. The molecule has 0 spiro atoms. The van der Waals surface area contributed by atoms with Crippen LogP contribution >= 0.6 is 0 Å².